The molecule has 2 N–H and O–H groups in total. The Labute approximate surface area is 101 Å². The van der Waals surface area contributed by atoms with Gasteiger partial charge in [0.1, 0.15) is 0 Å². The van der Waals surface area contributed by atoms with Gasteiger partial charge in [-0.15, -0.1) is 0 Å². The number of hydrogen-bond acceptors (Lipinski definition) is 3. The van der Waals surface area contributed by atoms with E-state index in [-0.39, 0.29) is 5.92 Å². The van der Waals surface area contributed by atoms with Gasteiger partial charge < -0.3 is 15.3 Å². The van der Waals surface area contributed by atoms with Crippen LogP contribution in [0.1, 0.15) is 5.56 Å². The van der Waals surface area contributed by atoms with Crippen molar-refractivity contribution in [3.05, 3.63) is 48.3 Å². The lowest BCUT2D eigenvalue weighted by Gasteiger charge is -2.20. The molecule has 1 aromatic carbocycles. The maximum atomic E-state index is 11.2. The van der Waals surface area contributed by atoms with Crippen LogP contribution < -0.4 is 5.32 Å². The third-order valence-electron chi connectivity index (χ3n) is 2.83. The summed E-state index contributed by atoms with van der Waals surface area (Å²) in [7, 11) is 0. The Morgan fingerprint density at radius 2 is 2.18 bits per heavy atom. The van der Waals surface area contributed by atoms with Gasteiger partial charge in [0.25, 0.3) is 0 Å². The van der Waals surface area contributed by atoms with Crippen molar-refractivity contribution in [1.29, 1.82) is 0 Å². The molecule has 0 fully saturated rings. The highest BCUT2D eigenvalue weighted by Gasteiger charge is 2.21. The zero-order valence-electron chi connectivity index (χ0n) is 9.54. The zero-order valence-corrected chi connectivity index (χ0v) is 9.54. The van der Waals surface area contributed by atoms with Crippen LogP contribution in [0.5, 0.6) is 0 Å². The summed E-state index contributed by atoms with van der Waals surface area (Å²) in [6, 6.07) is 9.74. The number of carbonyl (C=O) groups is 1. The summed E-state index contributed by atoms with van der Waals surface area (Å²) in [4.78, 5) is 13.2. The van der Waals surface area contributed by atoms with E-state index in [2.05, 4.69) is 5.32 Å². The molecule has 1 aliphatic heterocycles. The smallest absolute Gasteiger partial charge is 0.308 e. The summed E-state index contributed by atoms with van der Waals surface area (Å²) >= 11 is 0. The van der Waals surface area contributed by atoms with Crippen LogP contribution in [0.3, 0.4) is 0 Å². The fourth-order valence-corrected chi connectivity index (χ4v) is 1.92. The number of benzene rings is 1. The molecule has 1 heterocycles. The van der Waals surface area contributed by atoms with Crippen LogP contribution in [0.15, 0.2) is 42.7 Å². The second-order valence-corrected chi connectivity index (χ2v) is 4.17. The van der Waals surface area contributed by atoms with Gasteiger partial charge in [0, 0.05) is 18.9 Å². The second kappa shape index (κ2) is 5.39. The lowest BCUT2D eigenvalue weighted by molar-refractivity contribution is -0.142. The van der Waals surface area contributed by atoms with Crippen molar-refractivity contribution >= 4 is 5.97 Å². The molecule has 1 unspecified atom stereocenters. The van der Waals surface area contributed by atoms with Crippen LogP contribution in [0, 0.1) is 5.92 Å². The van der Waals surface area contributed by atoms with Crippen molar-refractivity contribution in [2.75, 3.05) is 13.2 Å². The summed E-state index contributed by atoms with van der Waals surface area (Å²) in [6.07, 6.45) is 4.29. The van der Waals surface area contributed by atoms with Crippen LogP contribution in [0.2, 0.25) is 0 Å². The summed E-state index contributed by atoms with van der Waals surface area (Å²) in [5, 5.41) is 12.3. The topological polar surface area (TPSA) is 52.6 Å². The Bertz CT molecular complexity index is 403. The third kappa shape index (κ3) is 3.24. The molecule has 1 aromatic rings. The van der Waals surface area contributed by atoms with E-state index in [1.54, 1.807) is 0 Å². The van der Waals surface area contributed by atoms with Gasteiger partial charge in [0.05, 0.1) is 12.6 Å². The van der Waals surface area contributed by atoms with E-state index < -0.39 is 5.97 Å². The lowest BCUT2D eigenvalue weighted by Crippen LogP contribution is -2.32. The average molecular weight is 232 g/mol. The summed E-state index contributed by atoms with van der Waals surface area (Å²) < 4.78 is 0. The minimum absolute atomic E-state index is 0.373. The highest BCUT2D eigenvalue weighted by Crippen LogP contribution is 2.12. The number of nitrogens with one attached hydrogen (secondary N) is 1. The van der Waals surface area contributed by atoms with Crippen molar-refractivity contribution in [3.63, 3.8) is 0 Å². The number of hydrogen-bond donors (Lipinski definition) is 2. The molecule has 2 rings (SSSR count). The second-order valence-electron chi connectivity index (χ2n) is 4.17. The molecule has 1 atom stereocenters. The molecule has 4 heteroatoms. The normalized spacial score (nSPS) is 15.6. The van der Waals surface area contributed by atoms with E-state index >= 15 is 0 Å². The Morgan fingerprint density at radius 1 is 1.41 bits per heavy atom. The van der Waals surface area contributed by atoms with Crippen LogP contribution in [-0.2, 0) is 11.2 Å². The largest absolute Gasteiger partial charge is 0.481 e. The average Bonchev–Trinajstić information content (AvgIpc) is 2.82. The molecule has 4 nitrogen and oxygen atoms in total. The lowest BCUT2D eigenvalue weighted by atomic mass is 9.99. The molecule has 0 radical (unpaired) electrons. The van der Waals surface area contributed by atoms with Gasteiger partial charge in [-0.2, -0.15) is 0 Å². The summed E-state index contributed by atoms with van der Waals surface area (Å²) in [5.41, 5.74) is 1.07. The van der Waals surface area contributed by atoms with E-state index in [0.29, 0.717) is 19.6 Å². The highest BCUT2D eigenvalue weighted by atomic mass is 16.4. The Kier molecular flexibility index (Phi) is 3.65. The quantitative estimate of drug-likeness (QED) is 0.802. The first-order valence-corrected chi connectivity index (χ1v) is 5.66. The van der Waals surface area contributed by atoms with E-state index in [1.165, 1.54) is 0 Å². The Balaban J connectivity index is 1.97. The van der Waals surface area contributed by atoms with E-state index in [9.17, 15) is 9.90 Å². The zero-order chi connectivity index (χ0) is 12.1. The van der Waals surface area contributed by atoms with E-state index in [4.69, 9.17) is 0 Å². The van der Waals surface area contributed by atoms with E-state index in [0.717, 1.165) is 5.56 Å². The van der Waals surface area contributed by atoms with E-state index in [1.807, 2.05) is 47.6 Å². The minimum Gasteiger partial charge on any atom is -0.481 e. The molecule has 0 bridgehead atoms. The molecule has 0 aliphatic carbocycles. The first kappa shape index (κ1) is 11.5. The van der Waals surface area contributed by atoms with Gasteiger partial charge in [-0.1, -0.05) is 30.3 Å². The van der Waals surface area contributed by atoms with Crippen LogP contribution in [0.4, 0.5) is 0 Å². The Morgan fingerprint density at radius 3 is 2.76 bits per heavy atom. The van der Waals surface area contributed by atoms with Gasteiger partial charge >= 0.3 is 5.97 Å². The minimum atomic E-state index is -0.742. The highest BCUT2D eigenvalue weighted by molar-refractivity contribution is 5.70. The van der Waals surface area contributed by atoms with Gasteiger partial charge in [-0.3, -0.25) is 4.79 Å². The van der Waals surface area contributed by atoms with Crippen molar-refractivity contribution < 1.29 is 9.90 Å². The SMILES string of the molecule is O=C(O)C(Cc1ccccc1)CN1C=CNC1. The third-order valence-corrected chi connectivity index (χ3v) is 2.83. The molecule has 0 aromatic heterocycles. The molecule has 0 spiro atoms. The first-order valence-electron chi connectivity index (χ1n) is 5.66. The molecule has 17 heavy (non-hydrogen) atoms. The molecule has 0 saturated heterocycles. The number of carboxylic acids is 1. The maximum Gasteiger partial charge on any atom is 0.308 e. The van der Waals surface area contributed by atoms with Crippen molar-refractivity contribution in [2.24, 2.45) is 5.92 Å². The van der Waals surface area contributed by atoms with Crippen LogP contribution in [0.25, 0.3) is 0 Å². The molecule has 90 valence electrons. The first-order chi connectivity index (χ1) is 8.25. The predicted molar refractivity (Wildman–Crippen MR) is 65.1 cm³/mol. The number of rotatable bonds is 5. The summed E-state index contributed by atoms with van der Waals surface area (Å²) in [5.74, 6) is -1.11. The standard InChI is InChI=1S/C13H16N2O2/c16-13(17)12(9-15-7-6-14-10-15)8-11-4-2-1-3-5-11/h1-7,12,14H,8-10H2,(H,16,17). The molecule has 0 amide bonds. The number of aliphatic carboxylic acids is 1. The molecule has 1 aliphatic rings. The van der Waals surface area contributed by atoms with Gasteiger partial charge in [0.2, 0.25) is 0 Å². The Hall–Kier alpha value is -1.97. The fourth-order valence-electron chi connectivity index (χ4n) is 1.92. The van der Waals surface area contributed by atoms with Crippen LogP contribution >= 0.6 is 0 Å². The number of carboxylic acid groups (broad SMARTS) is 1. The van der Waals surface area contributed by atoms with Gasteiger partial charge in [-0.25, -0.2) is 0 Å². The predicted octanol–water partition coefficient (Wildman–Crippen LogP) is 1.26. The number of nitrogens with zero attached hydrogens (tertiary/aromatic N) is 1. The van der Waals surface area contributed by atoms with Crippen LogP contribution in [-0.4, -0.2) is 29.2 Å². The van der Waals surface area contributed by atoms with Gasteiger partial charge in [-0.05, 0) is 12.0 Å². The summed E-state index contributed by atoms with van der Waals surface area (Å²) in [6.45, 7) is 1.23. The monoisotopic (exact) mass is 232 g/mol. The van der Waals surface area contributed by atoms with Crippen molar-refractivity contribution in [1.82, 2.24) is 10.2 Å². The molecule has 0 saturated carbocycles. The molecular weight excluding hydrogens is 216 g/mol. The van der Waals surface area contributed by atoms with Crippen molar-refractivity contribution in [3.8, 4) is 0 Å². The fraction of sp³-hybridized carbons (Fsp3) is 0.308. The maximum absolute atomic E-state index is 11.2. The van der Waals surface area contributed by atoms with Crippen molar-refractivity contribution in [2.45, 2.75) is 6.42 Å². The molecular formula is C13H16N2O2. The van der Waals surface area contributed by atoms with Gasteiger partial charge in [0.15, 0.2) is 0 Å².